The summed E-state index contributed by atoms with van der Waals surface area (Å²) in [5.41, 5.74) is 0. The van der Waals surface area contributed by atoms with Crippen LogP contribution in [0.1, 0.15) is 200 Å². The zero-order chi connectivity index (χ0) is 40.7. The largest absolute Gasteiger partial charge is 0.756 e. The zero-order valence-electron chi connectivity index (χ0n) is 36.6. The first kappa shape index (κ1) is 53.7. The first-order valence-electron chi connectivity index (χ1n) is 22.9. The number of quaternary nitrogens is 1. The highest BCUT2D eigenvalue weighted by Gasteiger charge is 2.23. The normalized spacial score (nSPS) is 14.7. The van der Waals surface area contributed by atoms with Crippen LogP contribution in [0.2, 0.25) is 0 Å². The van der Waals surface area contributed by atoms with Crippen LogP contribution in [0.5, 0.6) is 0 Å². The molecule has 0 aromatic heterocycles. The predicted molar refractivity (Wildman–Crippen MR) is 233 cm³/mol. The van der Waals surface area contributed by atoms with Crippen LogP contribution < -0.4 is 10.2 Å². The summed E-state index contributed by atoms with van der Waals surface area (Å²) in [7, 11) is 1.24. The van der Waals surface area contributed by atoms with Crippen LogP contribution >= 0.6 is 7.82 Å². The second-order valence-corrected chi connectivity index (χ2v) is 18.2. The summed E-state index contributed by atoms with van der Waals surface area (Å²) in [6.07, 6.45) is 46.2. The number of rotatable bonds is 41. The lowest BCUT2D eigenvalue weighted by atomic mass is 10.0. The van der Waals surface area contributed by atoms with Gasteiger partial charge >= 0.3 is 0 Å². The van der Waals surface area contributed by atoms with Crippen LogP contribution in [0.15, 0.2) is 36.5 Å². The Labute approximate surface area is 340 Å². The van der Waals surface area contributed by atoms with E-state index in [1.165, 1.54) is 128 Å². The summed E-state index contributed by atoms with van der Waals surface area (Å²) in [4.78, 5) is 25.3. The Morgan fingerprint density at radius 1 is 0.618 bits per heavy atom. The van der Waals surface area contributed by atoms with Gasteiger partial charge in [0.25, 0.3) is 7.82 Å². The topological polar surface area (TPSA) is 108 Å². The molecular weight excluding hydrogens is 707 g/mol. The van der Waals surface area contributed by atoms with Gasteiger partial charge in [-0.05, 0) is 57.8 Å². The standard InChI is InChI=1S/C46H89N2O6P/c1-6-8-10-12-14-16-18-20-22-23-24-26-27-29-31-33-35-37-39-45(49)44(43-54-55(51,52)53-42-41-48(3,4)5)47-46(50)40-38-36-34-32-30-28-25-21-19-17-15-13-11-9-7-2/h21,25,29,31,37,39,44-45,49H,6-20,22-24,26-28,30,32-36,38,40-43H2,1-5H3,(H-,47,50,51,52)/b25-21-,31-29+,39-37+. The fourth-order valence-corrected chi connectivity index (χ4v) is 7.12. The number of aliphatic hydroxyl groups is 1. The van der Waals surface area contributed by atoms with Gasteiger partial charge in [0.15, 0.2) is 0 Å². The number of nitrogens with zero attached hydrogens (tertiary/aromatic N) is 1. The molecule has 0 fully saturated rings. The molecule has 0 aromatic rings. The molecule has 0 aliphatic rings. The maximum Gasteiger partial charge on any atom is 0.268 e. The van der Waals surface area contributed by atoms with Gasteiger partial charge in [0.05, 0.1) is 39.9 Å². The van der Waals surface area contributed by atoms with Crippen LogP contribution in [0, 0.1) is 0 Å². The number of phosphoric acid groups is 1. The fourth-order valence-electron chi connectivity index (χ4n) is 6.40. The van der Waals surface area contributed by atoms with Crippen molar-refractivity contribution >= 4 is 13.7 Å². The summed E-state index contributed by atoms with van der Waals surface area (Å²) in [5.74, 6) is -0.217. The van der Waals surface area contributed by atoms with Crippen LogP contribution in [-0.2, 0) is 18.4 Å². The van der Waals surface area contributed by atoms with Crippen molar-refractivity contribution in [2.45, 2.75) is 212 Å². The number of unbranched alkanes of at least 4 members (excludes halogenated alkanes) is 24. The van der Waals surface area contributed by atoms with Crippen molar-refractivity contribution in [3.63, 3.8) is 0 Å². The molecule has 0 aliphatic carbocycles. The second-order valence-electron chi connectivity index (χ2n) is 16.7. The molecule has 0 spiro atoms. The molecule has 0 heterocycles. The molecule has 9 heteroatoms. The third kappa shape index (κ3) is 40.7. The van der Waals surface area contributed by atoms with Crippen LogP contribution in [0.3, 0.4) is 0 Å². The van der Waals surface area contributed by atoms with Gasteiger partial charge in [-0.15, -0.1) is 0 Å². The van der Waals surface area contributed by atoms with Gasteiger partial charge in [0, 0.05) is 6.42 Å². The molecule has 0 radical (unpaired) electrons. The van der Waals surface area contributed by atoms with E-state index in [1.807, 2.05) is 27.2 Å². The van der Waals surface area contributed by atoms with Crippen molar-refractivity contribution in [3.8, 4) is 0 Å². The first-order valence-corrected chi connectivity index (χ1v) is 24.3. The molecule has 0 aliphatic heterocycles. The molecule has 2 N–H and O–H groups in total. The molecule has 8 nitrogen and oxygen atoms in total. The minimum Gasteiger partial charge on any atom is -0.756 e. The molecule has 3 atom stereocenters. The van der Waals surface area contributed by atoms with E-state index in [9.17, 15) is 19.4 Å². The maximum absolute atomic E-state index is 12.8. The average molecular weight is 797 g/mol. The monoisotopic (exact) mass is 797 g/mol. The number of nitrogens with one attached hydrogen (secondary N) is 1. The summed E-state index contributed by atoms with van der Waals surface area (Å²) in [5, 5.41) is 13.8. The Morgan fingerprint density at radius 2 is 1.02 bits per heavy atom. The number of aliphatic hydroxyl groups excluding tert-OH is 1. The minimum absolute atomic E-state index is 0.00787. The Balaban J connectivity index is 4.47. The van der Waals surface area contributed by atoms with Crippen molar-refractivity contribution in [1.82, 2.24) is 5.32 Å². The second kappa shape index (κ2) is 38.2. The third-order valence-corrected chi connectivity index (χ3v) is 11.0. The van der Waals surface area contributed by atoms with Crippen LogP contribution in [0.4, 0.5) is 0 Å². The van der Waals surface area contributed by atoms with E-state index in [1.54, 1.807) is 6.08 Å². The lowest BCUT2D eigenvalue weighted by Gasteiger charge is -2.29. The van der Waals surface area contributed by atoms with E-state index < -0.39 is 26.6 Å². The Bertz CT molecular complexity index is 995. The molecule has 0 saturated carbocycles. The average Bonchev–Trinajstić information content (AvgIpc) is 3.13. The van der Waals surface area contributed by atoms with Gasteiger partial charge in [0.1, 0.15) is 13.2 Å². The molecule has 324 valence electrons. The first-order chi connectivity index (χ1) is 26.5. The highest BCUT2D eigenvalue weighted by Crippen LogP contribution is 2.38. The molecule has 0 bridgehead atoms. The Hall–Kier alpha value is -1.28. The number of hydrogen-bond acceptors (Lipinski definition) is 6. The van der Waals surface area contributed by atoms with Gasteiger partial charge < -0.3 is 28.8 Å². The lowest BCUT2D eigenvalue weighted by Crippen LogP contribution is -2.45. The van der Waals surface area contributed by atoms with Gasteiger partial charge in [-0.3, -0.25) is 9.36 Å². The molecule has 1 amide bonds. The number of carbonyl (C=O) groups is 1. The van der Waals surface area contributed by atoms with Crippen molar-refractivity contribution in [2.24, 2.45) is 0 Å². The van der Waals surface area contributed by atoms with E-state index in [4.69, 9.17) is 9.05 Å². The molecule has 3 unspecified atom stereocenters. The zero-order valence-corrected chi connectivity index (χ0v) is 37.5. The SMILES string of the molecule is CCCCCCCC/C=C\CCCCCCCC(=O)NC(COP(=O)([O-])OCC[N+](C)(C)C)C(O)/C=C/CC/C=C/CCCCCCCCCCCCCC. The minimum atomic E-state index is -4.60. The van der Waals surface area contributed by atoms with Crippen LogP contribution in [-0.4, -0.2) is 68.5 Å². The van der Waals surface area contributed by atoms with E-state index in [0.717, 1.165) is 51.4 Å². The van der Waals surface area contributed by atoms with Crippen molar-refractivity contribution < 1.29 is 32.9 Å². The number of phosphoric ester groups is 1. The Kier molecular flexibility index (Phi) is 37.4. The Morgan fingerprint density at radius 3 is 1.47 bits per heavy atom. The third-order valence-electron chi connectivity index (χ3n) is 10.1. The number of carbonyl (C=O) groups excluding carboxylic acids is 1. The maximum atomic E-state index is 12.8. The van der Waals surface area contributed by atoms with Crippen molar-refractivity contribution in [2.75, 3.05) is 40.9 Å². The fraction of sp³-hybridized carbons (Fsp3) is 0.848. The van der Waals surface area contributed by atoms with Crippen molar-refractivity contribution in [1.29, 1.82) is 0 Å². The summed E-state index contributed by atoms with van der Waals surface area (Å²) in [6.45, 7) is 4.61. The van der Waals surface area contributed by atoms with Gasteiger partial charge in [-0.25, -0.2) is 0 Å². The smallest absolute Gasteiger partial charge is 0.268 e. The van der Waals surface area contributed by atoms with E-state index in [0.29, 0.717) is 17.4 Å². The highest BCUT2D eigenvalue weighted by molar-refractivity contribution is 7.45. The van der Waals surface area contributed by atoms with E-state index in [2.05, 4.69) is 43.5 Å². The molecular formula is C46H89N2O6P. The summed E-state index contributed by atoms with van der Waals surface area (Å²) in [6, 6.07) is -0.905. The van der Waals surface area contributed by atoms with Crippen LogP contribution in [0.25, 0.3) is 0 Å². The predicted octanol–water partition coefficient (Wildman–Crippen LogP) is 12.1. The van der Waals surface area contributed by atoms with Crippen molar-refractivity contribution in [3.05, 3.63) is 36.5 Å². The van der Waals surface area contributed by atoms with Gasteiger partial charge in [0.2, 0.25) is 5.91 Å². The van der Waals surface area contributed by atoms with E-state index in [-0.39, 0.29) is 12.5 Å². The number of allylic oxidation sites excluding steroid dienone is 5. The molecule has 55 heavy (non-hydrogen) atoms. The highest BCUT2D eigenvalue weighted by atomic mass is 31.2. The van der Waals surface area contributed by atoms with Gasteiger partial charge in [-0.2, -0.15) is 0 Å². The summed E-state index contributed by atoms with van der Waals surface area (Å²) >= 11 is 0. The molecule has 0 saturated heterocycles. The quantitative estimate of drug-likeness (QED) is 0.0276. The molecule has 0 aromatic carbocycles. The van der Waals surface area contributed by atoms with E-state index >= 15 is 0 Å². The number of hydrogen-bond donors (Lipinski definition) is 2. The number of likely N-dealkylation sites (N-methyl/N-ethyl adjacent to an activating group) is 1. The number of amides is 1. The summed E-state index contributed by atoms with van der Waals surface area (Å²) < 4.78 is 23.2. The lowest BCUT2D eigenvalue weighted by molar-refractivity contribution is -0.870. The molecule has 0 rings (SSSR count). The van der Waals surface area contributed by atoms with Gasteiger partial charge in [-0.1, -0.05) is 172 Å².